The lowest BCUT2D eigenvalue weighted by atomic mass is 9.84. The zero-order chi connectivity index (χ0) is 20.7. The van der Waals surface area contributed by atoms with E-state index in [9.17, 15) is 4.79 Å². The lowest BCUT2D eigenvalue weighted by Crippen LogP contribution is -2.50. The first-order chi connectivity index (χ1) is 14.1. The monoisotopic (exact) mass is 527 g/mol. The first kappa shape index (κ1) is 24.9. The molecule has 0 radical (unpaired) electrons. The Balaban J connectivity index is 0.00000320. The fourth-order valence-corrected chi connectivity index (χ4v) is 4.85. The number of aliphatic imine (C=N–C) groups is 1. The molecule has 1 atom stereocenters. The van der Waals surface area contributed by atoms with Crippen molar-refractivity contribution >= 4 is 35.8 Å². The van der Waals surface area contributed by atoms with Crippen LogP contribution in [0.4, 0.5) is 0 Å². The Morgan fingerprint density at radius 2 is 1.73 bits per heavy atom. The Labute approximate surface area is 198 Å². The summed E-state index contributed by atoms with van der Waals surface area (Å²) in [6.07, 6.45) is 6.69. The van der Waals surface area contributed by atoms with Crippen molar-refractivity contribution in [2.75, 3.05) is 47.3 Å². The SMILES string of the molecule is CN=C(NCC(c1ccccc1)N1CCCC1)NCC1(C(=O)N(C)C)CCCC1.I. The average Bonchev–Trinajstić information content (AvgIpc) is 3.43. The van der Waals surface area contributed by atoms with E-state index in [4.69, 9.17) is 0 Å². The summed E-state index contributed by atoms with van der Waals surface area (Å²) in [5.74, 6) is 1.01. The standard InChI is InChI=1S/C23H37N5O.HI/c1-24-22(26-18-23(13-7-8-14-23)21(29)27(2)3)25-17-20(28-15-9-10-16-28)19-11-5-4-6-12-19;/h4-6,11-12,20H,7-10,13-18H2,1-3H3,(H2,24,25,26);1H. The number of nitrogens with one attached hydrogen (secondary N) is 2. The third-order valence-electron chi connectivity index (χ3n) is 6.47. The number of rotatable bonds is 7. The maximum absolute atomic E-state index is 12.8. The van der Waals surface area contributed by atoms with Crippen LogP contribution in [0.1, 0.15) is 50.1 Å². The van der Waals surface area contributed by atoms with Gasteiger partial charge in [0.25, 0.3) is 0 Å². The molecule has 1 aromatic carbocycles. The molecule has 6 nitrogen and oxygen atoms in total. The van der Waals surface area contributed by atoms with Gasteiger partial charge >= 0.3 is 0 Å². The second kappa shape index (κ2) is 11.9. The van der Waals surface area contributed by atoms with Crippen molar-refractivity contribution in [3.63, 3.8) is 0 Å². The molecule has 1 aliphatic heterocycles. The molecule has 30 heavy (non-hydrogen) atoms. The molecule has 2 fully saturated rings. The summed E-state index contributed by atoms with van der Waals surface area (Å²) >= 11 is 0. The van der Waals surface area contributed by atoms with Crippen LogP contribution in [0.25, 0.3) is 0 Å². The van der Waals surface area contributed by atoms with Gasteiger partial charge in [0.05, 0.1) is 11.5 Å². The summed E-state index contributed by atoms with van der Waals surface area (Å²) in [4.78, 5) is 21.5. The molecule has 1 heterocycles. The van der Waals surface area contributed by atoms with E-state index >= 15 is 0 Å². The van der Waals surface area contributed by atoms with Gasteiger partial charge in [-0.2, -0.15) is 0 Å². The Morgan fingerprint density at radius 3 is 2.30 bits per heavy atom. The minimum atomic E-state index is -0.297. The Hall–Kier alpha value is -1.35. The van der Waals surface area contributed by atoms with Gasteiger partial charge in [-0.15, -0.1) is 24.0 Å². The summed E-state index contributed by atoms with van der Waals surface area (Å²) < 4.78 is 0. The highest BCUT2D eigenvalue weighted by atomic mass is 127. The smallest absolute Gasteiger partial charge is 0.230 e. The van der Waals surface area contributed by atoms with Gasteiger partial charge in [-0.05, 0) is 44.3 Å². The molecule has 0 bridgehead atoms. The minimum Gasteiger partial charge on any atom is -0.355 e. The normalized spacial score (nSPS) is 19.8. The molecule has 0 aromatic heterocycles. The molecule has 7 heteroatoms. The summed E-state index contributed by atoms with van der Waals surface area (Å²) in [5.41, 5.74) is 1.04. The molecule has 1 unspecified atom stereocenters. The van der Waals surface area contributed by atoms with Crippen LogP contribution in [-0.4, -0.2) is 69.0 Å². The van der Waals surface area contributed by atoms with Crippen molar-refractivity contribution in [2.45, 2.75) is 44.6 Å². The maximum Gasteiger partial charge on any atom is 0.230 e. The Kier molecular flexibility index (Phi) is 9.87. The molecule has 1 saturated carbocycles. The quantitative estimate of drug-likeness (QED) is 0.325. The van der Waals surface area contributed by atoms with Gasteiger partial charge in [-0.3, -0.25) is 14.7 Å². The predicted molar refractivity (Wildman–Crippen MR) is 134 cm³/mol. The molecule has 0 spiro atoms. The average molecular weight is 527 g/mol. The van der Waals surface area contributed by atoms with E-state index in [-0.39, 0.29) is 35.3 Å². The maximum atomic E-state index is 12.8. The highest BCUT2D eigenvalue weighted by molar-refractivity contribution is 14.0. The van der Waals surface area contributed by atoms with E-state index in [2.05, 4.69) is 50.9 Å². The lowest BCUT2D eigenvalue weighted by molar-refractivity contribution is -0.138. The number of carbonyl (C=O) groups is 1. The second-order valence-electron chi connectivity index (χ2n) is 8.66. The van der Waals surface area contributed by atoms with Crippen molar-refractivity contribution in [1.29, 1.82) is 0 Å². The number of amides is 1. The van der Waals surface area contributed by atoms with Crippen LogP contribution in [-0.2, 0) is 4.79 Å². The van der Waals surface area contributed by atoms with Gasteiger partial charge in [0, 0.05) is 34.2 Å². The molecule has 168 valence electrons. The third kappa shape index (κ3) is 6.09. The Morgan fingerprint density at radius 1 is 1.10 bits per heavy atom. The third-order valence-corrected chi connectivity index (χ3v) is 6.47. The molecule has 3 rings (SSSR count). The largest absolute Gasteiger partial charge is 0.355 e. The zero-order valence-corrected chi connectivity index (χ0v) is 21.0. The first-order valence-electron chi connectivity index (χ1n) is 11.0. The highest BCUT2D eigenvalue weighted by Crippen LogP contribution is 2.38. The van der Waals surface area contributed by atoms with Crippen LogP contribution < -0.4 is 10.6 Å². The van der Waals surface area contributed by atoms with E-state index in [1.54, 1.807) is 11.9 Å². The predicted octanol–water partition coefficient (Wildman–Crippen LogP) is 3.26. The van der Waals surface area contributed by atoms with Crippen LogP contribution in [0.5, 0.6) is 0 Å². The van der Waals surface area contributed by atoms with Crippen LogP contribution >= 0.6 is 24.0 Å². The number of carbonyl (C=O) groups excluding carboxylic acids is 1. The molecule has 1 saturated heterocycles. The number of likely N-dealkylation sites (tertiary alicyclic amines) is 1. The lowest BCUT2D eigenvalue weighted by Gasteiger charge is -2.32. The number of nitrogens with zero attached hydrogens (tertiary/aromatic N) is 3. The van der Waals surface area contributed by atoms with Gasteiger partial charge < -0.3 is 15.5 Å². The first-order valence-corrected chi connectivity index (χ1v) is 11.0. The van der Waals surface area contributed by atoms with E-state index in [1.807, 2.05) is 14.1 Å². The number of hydrogen-bond acceptors (Lipinski definition) is 3. The zero-order valence-electron chi connectivity index (χ0n) is 18.7. The summed E-state index contributed by atoms with van der Waals surface area (Å²) in [7, 11) is 5.52. The molecule has 1 amide bonds. The van der Waals surface area contributed by atoms with Crippen LogP contribution in [0.15, 0.2) is 35.3 Å². The summed E-state index contributed by atoms with van der Waals surface area (Å²) in [5, 5.41) is 6.98. The van der Waals surface area contributed by atoms with Crippen LogP contribution in [0, 0.1) is 5.41 Å². The van der Waals surface area contributed by atoms with E-state index in [0.29, 0.717) is 12.6 Å². The fraction of sp³-hybridized carbons (Fsp3) is 0.652. The van der Waals surface area contributed by atoms with Gasteiger partial charge in [0.15, 0.2) is 5.96 Å². The molecule has 2 aliphatic rings. The van der Waals surface area contributed by atoms with E-state index < -0.39 is 0 Å². The topological polar surface area (TPSA) is 60.0 Å². The molecule has 1 aliphatic carbocycles. The van der Waals surface area contributed by atoms with Gasteiger partial charge in [0.1, 0.15) is 0 Å². The number of halogens is 1. The number of benzene rings is 1. The van der Waals surface area contributed by atoms with Crippen molar-refractivity contribution < 1.29 is 4.79 Å². The van der Waals surface area contributed by atoms with Crippen LogP contribution in [0.2, 0.25) is 0 Å². The highest BCUT2D eigenvalue weighted by Gasteiger charge is 2.42. The molecular formula is C23H38IN5O. The van der Waals surface area contributed by atoms with E-state index in [0.717, 1.165) is 51.3 Å². The molecule has 1 aromatic rings. The summed E-state index contributed by atoms with van der Waals surface area (Å²) in [6, 6.07) is 11.1. The van der Waals surface area contributed by atoms with Gasteiger partial charge in [0.2, 0.25) is 5.91 Å². The van der Waals surface area contributed by atoms with Crippen molar-refractivity contribution in [3.8, 4) is 0 Å². The molecule has 2 N–H and O–H groups in total. The Bertz CT molecular complexity index is 682. The number of hydrogen-bond donors (Lipinski definition) is 2. The van der Waals surface area contributed by atoms with Crippen LogP contribution in [0.3, 0.4) is 0 Å². The second-order valence-corrected chi connectivity index (χ2v) is 8.66. The van der Waals surface area contributed by atoms with Gasteiger partial charge in [-0.25, -0.2) is 0 Å². The van der Waals surface area contributed by atoms with Crippen molar-refractivity contribution in [2.24, 2.45) is 10.4 Å². The summed E-state index contributed by atoms with van der Waals surface area (Å²) in [6.45, 7) is 3.74. The van der Waals surface area contributed by atoms with E-state index in [1.165, 1.54) is 18.4 Å². The van der Waals surface area contributed by atoms with Crippen molar-refractivity contribution in [1.82, 2.24) is 20.4 Å². The molecular weight excluding hydrogens is 489 g/mol. The number of guanidine groups is 1. The minimum absolute atomic E-state index is 0. The van der Waals surface area contributed by atoms with Crippen molar-refractivity contribution in [3.05, 3.63) is 35.9 Å². The fourth-order valence-electron chi connectivity index (χ4n) is 4.85. The van der Waals surface area contributed by atoms with Gasteiger partial charge in [-0.1, -0.05) is 43.2 Å².